The van der Waals surface area contributed by atoms with E-state index < -0.39 is 14.8 Å². The van der Waals surface area contributed by atoms with Gasteiger partial charge in [0.05, 0.1) is 12.2 Å². The van der Waals surface area contributed by atoms with Crippen LogP contribution in [0.3, 0.4) is 0 Å². The Hall–Kier alpha value is 1.08. The summed E-state index contributed by atoms with van der Waals surface area (Å²) in [5.41, 5.74) is 0. The Labute approximate surface area is 96.0 Å². The lowest BCUT2D eigenvalue weighted by Gasteiger charge is -2.43. The quantitative estimate of drug-likeness (QED) is 0.681. The van der Waals surface area contributed by atoms with Gasteiger partial charge in [0.15, 0.2) is 8.67 Å². The first-order chi connectivity index (χ1) is 5.87. The molecule has 0 aromatic heterocycles. The van der Waals surface area contributed by atoms with Crippen molar-refractivity contribution < 1.29 is 9.84 Å². The topological polar surface area (TPSA) is 29.5 Å². The van der Waals surface area contributed by atoms with Crippen molar-refractivity contribution in [1.82, 2.24) is 0 Å². The molecule has 3 atom stereocenters. The fraction of sp³-hybridized carbons (Fsp3) is 1.00. The van der Waals surface area contributed by atoms with Crippen LogP contribution in [-0.2, 0) is 4.74 Å². The summed E-state index contributed by atoms with van der Waals surface area (Å²) in [6.07, 6.45) is -0.577. The number of fused-ring (bicyclic) bond motifs is 2. The normalized spacial score (nSPS) is 46.4. The van der Waals surface area contributed by atoms with Crippen LogP contribution < -0.4 is 0 Å². The van der Waals surface area contributed by atoms with E-state index in [0.717, 1.165) is 0 Å². The van der Waals surface area contributed by atoms with Crippen LogP contribution in [0.2, 0.25) is 0 Å². The zero-order chi connectivity index (χ0) is 9.85. The minimum Gasteiger partial charge on any atom is -0.387 e. The summed E-state index contributed by atoms with van der Waals surface area (Å²) in [6, 6.07) is 0. The van der Waals surface area contributed by atoms with Crippen LogP contribution in [0.5, 0.6) is 0 Å². The number of aliphatic hydroxyl groups is 1. The van der Waals surface area contributed by atoms with Crippen LogP contribution in [0, 0.1) is 0 Å². The molecular weight excluding hydrogens is 258 g/mol. The molecule has 0 amide bonds. The summed E-state index contributed by atoms with van der Waals surface area (Å²) in [4.78, 5) is 0. The molecule has 2 nitrogen and oxygen atoms in total. The van der Waals surface area contributed by atoms with Crippen molar-refractivity contribution in [3.63, 3.8) is 0 Å². The van der Waals surface area contributed by atoms with Gasteiger partial charge in [-0.1, -0.05) is 46.4 Å². The molecule has 1 unspecified atom stereocenters. The molecule has 0 aromatic carbocycles. The van der Waals surface area contributed by atoms with Crippen molar-refractivity contribution >= 4 is 46.4 Å². The fourth-order valence-corrected chi connectivity index (χ4v) is 3.37. The Bertz CT molecular complexity index is 209. The lowest BCUT2D eigenvalue weighted by molar-refractivity contribution is -0.0676. The molecule has 76 valence electrons. The molecule has 2 heterocycles. The van der Waals surface area contributed by atoms with Gasteiger partial charge in [-0.25, -0.2) is 0 Å². The van der Waals surface area contributed by atoms with Gasteiger partial charge < -0.3 is 9.84 Å². The number of rotatable bonds is 0. The molecule has 0 spiro atoms. The first-order valence-corrected chi connectivity index (χ1v) is 5.47. The first kappa shape index (κ1) is 10.6. The van der Waals surface area contributed by atoms with Crippen molar-refractivity contribution in [3.05, 3.63) is 0 Å². The minimum atomic E-state index is -1.41. The van der Waals surface area contributed by atoms with Crippen LogP contribution in [0.4, 0.5) is 0 Å². The van der Waals surface area contributed by atoms with Gasteiger partial charge >= 0.3 is 0 Å². The van der Waals surface area contributed by atoms with Crippen LogP contribution in [-0.4, -0.2) is 32.1 Å². The van der Waals surface area contributed by atoms with Gasteiger partial charge in [-0.3, -0.25) is 0 Å². The number of alkyl halides is 4. The number of hydrogen-bond acceptors (Lipinski definition) is 2. The predicted molar refractivity (Wildman–Crippen MR) is 52.8 cm³/mol. The average molecular weight is 266 g/mol. The molecule has 2 bridgehead atoms. The van der Waals surface area contributed by atoms with E-state index in [1.54, 1.807) is 0 Å². The second-order valence-electron chi connectivity index (χ2n) is 3.44. The van der Waals surface area contributed by atoms with Crippen LogP contribution in [0.15, 0.2) is 0 Å². The molecule has 1 N–H and O–H groups in total. The van der Waals surface area contributed by atoms with E-state index in [1.807, 2.05) is 0 Å². The third kappa shape index (κ3) is 1.38. The minimum absolute atomic E-state index is 0.374. The molecule has 0 aliphatic carbocycles. The molecular formula is C7H8Cl4O2. The van der Waals surface area contributed by atoms with Gasteiger partial charge in [-0.15, -0.1) is 0 Å². The maximum absolute atomic E-state index is 9.74. The SMILES string of the molecule is OC1C(Cl)(Cl)[C@@H]2CC[C@@H](O2)C1(Cl)Cl. The predicted octanol–water partition coefficient (Wildman–Crippen LogP) is 2.26. The van der Waals surface area contributed by atoms with Gasteiger partial charge in [0, 0.05) is 0 Å². The van der Waals surface area contributed by atoms with E-state index >= 15 is 0 Å². The highest BCUT2D eigenvalue weighted by atomic mass is 35.5. The summed E-state index contributed by atoms with van der Waals surface area (Å²) < 4.78 is 2.60. The Balaban J connectivity index is 2.36. The molecule has 13 heavy (non-hydrogen) atoms. The zero-order valence-corrected chi connectivity index (χ0v) is 9.54. The van der Waals surface area contributed by atoms with Gasteiger partial charge in [0.25, 0.3) is 0 Å². The smallest absolute Gasteiger partial charge is 0.172 e. The zero-order valence-electron chi connectivity index (χ0n) is 6.51. The van der Waals surface area contributed by atoms with Crippen molar-refractivity contribution in [2.24, 2.45) is 0 Å². The van der Waals surface area contributed by atoms with Gasteiger partial charge in [-0.05, 0) is 12.8 Å². The maximum Gasteiger partial charge on any atom is 0.172 e. The van der Waals surface area contributed by atoms with Crippen LogP contribution in [0.25, 0.3) is 0 Å². The number of hydrogen-bond donors (Lipinski definition) is 1. The summed E-state index contributed by atoms with van der Waals surface area (Å²) in [6.45, 7) is 0. The third-order valence-corrected chi connectivity index (χ3v) is 4.41. The van der Waals surface area contributed by atoms with Crippen molar-refractivity contribution in [1.29, 1.82) is 0 Å². The van der Waals surface area contributed by atoms with Gasteiger partial charge in [0.2, 0.25) is 0 Å². The summed E-state index contributed by atoms with van der Waals surface area (Å²) in [5.74, 6) is 0. The third-order valence-electron chi connectivity index (χ3n) is 2.61. The molecule has 0 radical (unpaired) electrons. The highest BCUT2D eigenvalue weighted by Gasteiger charge is 2.63. The monoisotopic (exact) mass is 264 g/mol. The lowest BCUT2D eigenvalue weighted by Crippen LogP contribution is -2.59. The largest absolute Gasteiger partial charge is 0.387 e. The fourth-order valence-electron chi connectivity index (χ4n) is 1.81. The highest BCUT2D eigenvalue weighted by Crippen LogP contribution is 2.54. The second kappa shape index (κ2) is 3.03. The van der Waals surface area contributed by atoms with E-state index in [4.69, 9.17) is 51.1 Å². The first-order valence-electron chi connectivity index (χ1n) is 3.96. The highest BCUT2D eigenvalue weighted by molar-refractivity contribution is 6.54. The van der Waals surface area contributed by atoms with Crippen LogP contribution in [0.1, 0.15) is 12.8 Å². The van der Waals surface area contributed by atoms with Crippen LogP contribution >= 0.6 is 46.4 Å². The Morgan fingerprint density at radius 2 is 1.38 bits per heavy atom. The van der Waals surface area contributed by atoms with Crippen molar-refractivity contribution in [2.75, 3.05) is 0 Å². The van der Waals surface area contributed by atoms with Gasteiger partial charge in [-0.2, -0.15) is 0 Å². The standard InChI is InChI=1S/C7H8Cl4O2/c8-6(9)3-1-2-4(13-3)7(10,11)5(6)12/h3-5,12H,1-2H2/t3-,4+,5?. The van der Waals surface area contributed by atoms with E-state index in [1.165, 1.54) is 0 Å². The molecule has 2 rings (SSSR count). The summed E-state index contributed by atoms with van der Waals surface area (Å²) in [5, 5.41) is 9.74. The molecule has 2 aliphatic rings. The van der Waals surface area contributed by atoms with E-state index in [2.05, 4.69) is 0 Å². The molecule has 6 heteroatoms. The lowest BCUT2D eigenvalue weighted by atomic mass is 10.0. The summed E-state index contributed by atoms with van der Waals surface area (Å²) >= 11 is 23.7. The number of ether oxygens (including phenoxy) is 1. The summed E-state index contributed by atoms with van der Waals surface area (Å²) in [7, 11) is 0. The molecule has 2 saturated heterocycles. The molecule has 0 aromatic rings. The van der Waals surface area contributed by atoms with E-state index in [9.17, 15) is 5.11 Å². The van der Waals surface area contributed by atoms with E-state index in [0.29, 0.717) is 12.8 Å². The molecule has 2 fully saturated rings. The average Bonchev–Trinajstić information content (AvgIpc) is 2.48. The van der Waals surface area contributed by atoms with E-state index in [-0.39, 0.29) is 12.2 Å². The van der Waals surface area contributed by atoms with Crippen molar-refractivity contribution in [3.8, 4) is 0 Å². The number of halogens is 4. The number of aliphatic hydroxyl groups excluding tert-OH is 1. The van der Waals surface area contributed by atoms with Crippen molar-refractivity contribution in [2.45, 2.75) is 39.8 Å². The Kier molecular flexibility index (Phi) is 2.47. The second-order valence-corrected chi connectivity index (χ2v) is 6.33. The Morgan fingerprint density at radius 3 is 1.77 bits per heavy atom. The van der Waals surface area contributed by atoms with Gasteiger partial charge in [0.1, 0.15) is 6.10 Å². The molecule has 2 aliphatic heterocycles. The molecule has 0 saturated carbocycles. The maximum atomic E-state index is 9.74. The Morgan fingerprint density at radius 1 is 1.00 bits per heavy atom.